The molecule has 0 aromatic rings. The van der Waals surface area contributed by atoms with Crippen molar-refractivity contribution in [1.82, 2.24) is 0 Å². The Labute approximate surface area is 116 Å². The molecule has 0 saturated heterocycles. The van der Waals surface area contributed by atoms with Crippen LogP contribution in [0.25, 0.3) is 0 Å². The third kappa shape index (κ3) is 17.9. The molecule has 0 saturated carbocycles. The quantitative estimate of drug-likeness (QED) is 0.338. The molecule has 5 heavy (non-hydrogen) atoms. The fourth-order valence-electron chi connectivity index (χ4n) is 0. The topological polar surface area (TPSA) is 0 Å². The van der Waals surface area contributed by atoms with Crippen molar-refractivity contribution in [3.8, 4) is 0 Å². The van der Waals surface area contributed by atoms with E-state index in [-0.39, 0.29) is 90.3 Å². The predicted octanol–water partition coefficient (Wildman–Crippen LogP) is -3.40. The van der Waals surface area contributed by atoms with E-state index in [9.17, 15) is 0 Å². The van der Waals surface area contributed by atoms with E-state index in [1.807, 2.05) is 0 Å². The molecule has 0 aliphatic carbocycles. The molecule has 0 unspecified atom stereocenters. The first-order chi connectivity index (χ1) is 1.00. The minimum atomic E-state index is 0. The molecule has 5 heteroatoms. The van der Waals surface area contributed by atoms with E-state index in [1.165, 1.54) is 0 Å². The standard InChI is InChI=1S/Al.Ca.Fe.Mg.Na.7H. The monoisotopic (exact) mass is 177 g/mol. The maximum atomic E-state index is 3.39. The van der Waals surface area contributed by atoms with E-state index in [4.69, 9.17) is 0 Å². The van der Waals surface area contributed by atoms with Gasteiger partial charge in [-0.2, -0.15) is 0 Å². The van der Waals surface area contributed by atoms with Crippen molar-refractivity contribution in [2.45, 2.75) is 0 Å². The average molecular weight is 177 g/mol. The summed E-state index contributed by atoms with van der Waals surface area (Å²) in [5, 5.41) is 0. The van der Waals surface area contributed by atoms with Gasteiger partial charge in [0.25, 0.3) is 0 Å². The van der Waals surface area contributed by atoms with Crippen LogP contribution in [0, 0.1) is 0 Å². The molecule has 0 heterocycles. The van der Waals surface area contributed by atoms with Crippen molar-refractivity contribution in [3.63, 3.8) is 0 Å². The van der Waals surface area contributed by atoms with E-state index in [0.29, 0.717) is 0 Å². The van der Waals surface area contributed by atoms with Gasteiger partial charge < -0.3 is 0 Å². The molecule has 0 spiro atoms. The number of hydrogen-bond acceptors (Lipinski definition) is 0. The fourth-order valence-corrected chi connectivity index (χ4v) is 0. The van der Waals surface area contributed by atoms with Crippen LogP contribution in [0.15, 0.2) is 0 Å². The van der Waals surface area contributed by atoms with Crippen LogP contribution in [0.2, 0.25) is 0 Å². The molecule has 0 aliphatic rings. The Hall–Kier alpha value is 4.08. The molecule has 0 aromatic carbocycles. The van der Waals surface area contributed by atoms with Crippen LogP contribution >= 0.6 is 0 Å². The van der Waals surface area contributed by atoms with Gasteiger partial charge in [0, 0.05) is 0 Å². The Balaban J connectivity index is -0.00000000167. The normalized spacial score (nSPS) is 1.00. The summed E-state index contributed by atoms with van der Waals surface area (Å²) in [6.07, 6.45) is 0. The van der Waals surface area contributed by atoms with E-state index in [2.05, 4.69) is 14.1 Å². The van der Waals surface area contributed by atoms with Gasteiger partial charge in [0.05, 0.1) is 0 Å². The Morgan fingerprint density at radius 2 is 1.20 bits per heavy atom. The van der Waals surface area contributed by atoms with Gasteiger partial charge in [-0.1, -0.05) is 0 Å². The molecule has 0 aliphatic heterocycles. The van der Waals surface area contributed by atoms with Gasteiger partial charge in [0.1, 0.15) is 0 Å². The second-order valence-electron chi connectivity index (χ2n) is 0. The average Bonchev–Trinajstić information content (AvgIpc) is 1.00. The van der Waals surface area contributed by atoms with Crippen LogP contribution in [0.1, 0.15) is 0 Å². The van der Waals surface area contributed by atoms with Crippen molar-refractivity contribution in [3.05, 3.63) is 0 Å². The molecule has 0 amide bonds. The van der Waals surface area contributed by atoms with Gasteiger partial charge in [-0.05, 0) is 0 Å². The maximum absolute atomic E-state index is 3.39. The van der Waals surface area contributed by atoms with Gasteiger partial charge in [0.15, 0.2) is 0 Å². The summed E-state index contributed by atoms with van der Waals surface area (Å²) in [5.74, 6) is 0. The second-order valence-corrected chi connectivity index (χ2v) is 0. The summed E-state index contributed by atoms with van der Waals surface area (Å²) < 4.78 is 0. The van der Waals surface area contributed by atoms with E-state index < -0.39 is 0 Å². The van der Waals surface area contributed by atoms with E-state index in [1.54, 1.807) is 0 Å². The van der Waals surface area contributed by atoms with Crippen LogP contribution in [-0.2, 0) is 14.1 Å². The summed E-state index contributed by atoms with van der Waals surface area (Å²) in [6, 6.07) is 0. The van der Waals surface area contributed by atoms with Gasteiger partial charge in [-0.3, -0.25) is 0 Å². The molecule has 23 valence electrons. The minimum absolute atomic E-state index is 0. The second kappa shape index (κ2) is 24.3. The predicted molar refractivity (Wildman–Crippen MR) is 32.8 cm³/mol. The Bertz CT molecular complexity index is 11.6. The van der Waals surface area contributed by atoms with Gasteiger partial charge >= 0.3 is 119 Å². The summed E-state index contributed by atoms with van der Waals surface area (Å²) in [7, 11) is 0. The van der Waals surface area contributed by atoms with Crippen LogP contribution < -0.4 is 0 Å². The molecule has 0 bridgehead atoms. The molecular weight excluding hydrogens is 170 g/mol. The molecule has 0 atom stereocenters. The van der Waals surface area contributed by atoms with Crippen molar-refractivity contribution in [2.24, 2.45) is 0 Å². The molecule has 0 nitrogen and oxygen atoms in total. The first-order valence-electron chi connectivity index (χ1n) is 0.354. The van der Waals surface area contributed by atoms with E-state index >= 15 is 0 Å². The third-order valence-electron chi connectivity index (χ3n) is 0. The van der Waals surface area contributed by atoms with Gasteiger partial charge in [-0.25, -0.2) is 0 Å². The Morgan fingerprint density at radius 1 is 1.20 bits per heavy atom. The zero-order chi connectivity index (χ0) is 2.00. The molecular formula is H7AlCaFeMgNa. The van der Waals surface area contributed by atoms with Crippen molar-refractivity contribution < 1.29 is 14.1 Å². The molecule has 0 rings (SSSR count). The molecule has 0 N–H and O–H groups in total. The first kappa shape index (κ1) is 23.0. The zero-order valence-electron chi connectivity index (χ0n) is 1.35. The van der Waals surface area contributed by atoms with Crippen LogP contribution in [-0.4, -0.2) is 105 Å². The molecule has 0 fully saturated rings. The molecule has 0 aromatic heterocycles. The van der Waals surface area contributed by atoms with E-state index in [0.717, 1.165) is 14.4 Å². The summed E-state index contributed by atoms with van der Waals surface area (Å²) >= 11 is 4.44. The zero-order valence-corrected chi connectivity index (χ0v) is 4.46. The number of hydrogen-bond donors (Lipinski definition) is 0. The van der Waals surface area contributed by atoms with Crippen LogP contribution in [0.4, 0.5) is 0 Å². The number of rotatable bonds is 0. The SMILES string of the molecule is [AlH2][Fe].[CaH2].[MgH2].[NaH]. The van der Waals surface area contributed by atoms with Crippen LogP contribution in [0.5, 0.6) is 0 Å². The third-order valence-corrected chi connectivity index (χ3v) is 0. The summed E-state index contributed by atoms with van der Waals surface area (Å²) in [5.41, 5.74) is 0. The Kier molecular flexibility index (Phi) is 112. The Morgan fingerprint density at radius 3 is 1.20 bits per heavy atom. The summed E-state index contributed by atoms with van der Waals surface area (Å²) in [4.78, 5) is 0. The van der Waals surface area contributed by atoms with Crippen molar-refractivity contribution >= 4 is 105 Å². The van der Waals surface area contributed by atoms with Crippen molar-refractivity contribution in [2.75, 3.05) is 0 Å². The molecule has 0 radical (unpaired) electrons. The fraction of sp³-hybridized carbons (Fsp3) is 0. The van der Waals surface area contributed by atoms with Gasteiger partial charge in [0.2, 0.25) is 0 Å². The van der Waals surface area contributed by atoms with Gasteiger partial charge in [-0.15, -0.1) is 0 Å². The summed E-state index contributed by atoms with van der Waals surface area (Å²) in [6.45, 7) is 0. The van der Waals surface area contributed by atoms with Crippen molar-refractivity contribution in [1.29, 1.82) is 0 Å². The first-order valence-corrected chi connectivity index (χ1v) is 4.37. The van der Waals surface area contributed by atoms with Crippen LogP contribution in [0.3, 0.4) is 0 Å².